The monoisotopic (exact) mass is 261 g/mol. The van der Waals surface area contributed by atoms with Crippen LogP contribution < -0.4 is 4.74 Å². The van der Waals surface area contributed by atoms with Crippen molar-refractivity contribution in [1.29, 1.82) is 0 Å². The molecule has 0 aliphatic rings. The summed E-state index contributed by atoms with van der Waals surface area (Å²) in [5.41, 5.74) is 1.05. The molecule has 1 rings (SSSR count). The third kappa shape index (κ3) is 4.65. The molecule has 0 aromatic heterocycles. The summed E-state index contributed by atoms with van der Waals surface area (Å²) in [6.45, 7) is 2.23. The smallest absolute Gasteiger partial charge is 0.317 e. The van der Waals surface area contributed by atoms with Crippen molar-refractivity contribution >= 4 is 5.97 Å². The molecule has 4 heteroatoms. The van der Waals surface area contributed by atoms with E-state index in [1.165, 1.54) is 0 Å². The topological polar surface area (TPSA) is 49.8 Å². The second kappa shape index (κ2) is 7.45. The number of carboxylic acid groups (broad SMARTS) is 1. The number of carbonyl (C=O) groups is 1. The zero-order chi connectivity index (χ0) is 14.3. The minimum absolute atomic E-state index is 0.0310. The van der Waals surface area contributed by atoms with Gasteiger partial charge in [0.15, 0.2) is 0 Å². The Morgan fingerprint density at radius 2 is 2.21 bits per heavy atom. The summed E-state index contributed by atoms with van der Waals surface area (Å²) in [5, 5.41) is 8.89. The average molecular weight is 261 g/mol. The van der Waals surface area contributed by atoms with Gasteiger partial charge in [0, 0.05) is 6.04 Å². The number of methoxy groups -OCH3 is 1. The largest absolute Gasteiger partial charge is 0.496 e. The number of aliphatic carboxylic acids is 1. The van der Waals surface area contributed by atoms with Gasteiger partial charge in [0.05, 0.1) is 20.2 Å². The molecule has 0 saturated carbocycles. The van der Waals surface area contributed by atoms with Gasteiger partial charge in [-0.05, 0) is 25.0 Å². The lowest BCUT2D eigenvalue weighted by Gasteiger charge is -2.26. The molecule has 102 valence electrons. The molecule has 0 heterocycles. The Balaban J connectivity index is 2.78. The van der Waals surface area contributed by atoms with Crippen LogP contribution in [0.15, 0.2) is 24.3 Å². The molecule has 0 aliphatic heterocycles. The van der Waals surface area contributed by atoms with Gasteiger partial charge in [0.25, 0.3) is 0 Å². The lowest BCUT2D eigenvalue weighted by molar-refractivity contribution is -0.138. The minimum atomic E-state index is -0.873. The van der Waals surface area contributed by atoms with Crippen molar-refractivity contribution in [2.45, 2.75) is 19.4 Å². The maximum absolute atomic E-state index is 10.8. The van der Waals surface area contributed by atoms with Crippen molar-refractivity contribution < 1.29 is 14.6 Å². The highest BCUT2D eigenvalue weighted by molar-refractivity contribution is 5.69. The maximum atomic E-state index is 10.8. The van der Waals surface area contributed by atoms with Crippen LogP contribution in [0.5, 0.6) is 5.75 Å². The zero-order valence-electron chi connectivity index (χ0n) is 11.3. The Bertz CT molecular complexity index is 465. The first-order chi connectivity index (χ1) is 9.08. The van der Waals surface area contributed by atoms with Gasteiger partial charge < -0.3 is 9.84 Å². The molecule has 0 amide bonds. The molecule has 1 atom stereocenters. The van der Waals surface area contributed by atoms with Crippen LogP contribution in [0, 0.1) is 12.3 Å². The quantitative estimate of drug-likeness (QED) is 0.758. The number of rotatable bonds is 7. The first-order valence-corrected chi connectivity index (χ1v) is 6.09. The van der Waals surface area contributed by atoms with Gasteiger partial charge in [-0.3, -0.25) is 9.69 Å². The summed E-state index contributed by atoms with van der Waals surface area (Å²) < 4.78 is 5.29. The van der Waals surface area contributed by atoms with E-state index in [0.29, 0.717) is 13.0 Å². The van der Waals surface area contributed by atoms with Crippen LogP contribution in [0.2, 0.25) is 0 Å². The van der Waals surface area contributed by atoms with Crippen molar-refractivity contribution in [2.75, 3.05) is 20.2 Å². The van der Waals surface area contributed by atoms with Gasteiger partial charge >= 0.3 is 5.97 Å². The summed E-state index contributed by atoms with van der Waals surface area (Å²) in [7, 11) is 1.62. The van der Waals surface area contributed by atoms with Crippen molar-refractivity contribution in [3.05, 3.63) is 29.8 Å². The van der Waals surface area contributed by atoms with E-state index in [4.69, 9.17) is 16.3 Å². The van der Waals surface area contributed by atoms with E-state index in [1.807, 2.05) is 31.2 Å². The number of terminal acetylenes is 1. The summed E-state index contributed by atoms with van der Waals surface area (Å²) in [4.78, 5) is 12.6. The molecule has 0 aliphatic carbocycles. The number of para-hydroxylation sites is 1. The molecule has 1 unspecified atom stereocenters. The zero-order valence-corrected chi connectivity index (χ0v) is 11.3. The normalized spacial score (nSPS) is 11.9. The molecule has 0 saturated heterocycles. The number of benzene rings is 1. The van der Waals surface area contributed by atoms with E-state index in [2.05, 4.69) is 5.92 Å². The molecule has 4 nitrogen and oxygen atoms in total. The van der Waals surface area contributed by atoms with Gasteiger partial charge in [0.2, 0.25) is 0 Å². The Morgan fingerprint density at radius 1 is 1.53 bits per heavy atom. The SMILES string of the molecule is C#CCN(CC(=O)O)C(C)Cc1ccccc1OC. The van der Waals surface area contributed by atoms with E-state index < -0.39 is 5.97 Å². The highest BCUT2D eigenvalue weighted by Crippen LogP contribution is 2.20. The van der Waals surface area contributed by atoms with Crippen molar-refractivity contribution in [3.8, 4) is 18.1 Å². The van der Waals surface area contributed by atoms with Crippen LogP contribution in [-0.2, 0) is 11.2 Å². The van der Waals surface area contributed by atoms with Crippen LogP contribution >= 0.6 is 0 Å². The van der Waals surface area contributed by atoms with Crippen LogP contribution in [0.3, 0.4) is 0 Å². The van der Waals surface area contributed by atoms with Gasteiger partial charge in [-0.1, -0.05) is 24.1 Å². The number of carboxylic acids is 1. The summed E-state index contributed by atoms with van der Waals surface area (Å²) >= 11 is 0. The fraction of sp³-hybridized carbons (Fsp3) is 0.400. The Morgan fingerprint density at radius 3 is 2.79 bits per heavy atom. The molecule has 19 heavy (non-hydrogen) atoms. The molecule has 1 aromatic rings. The number of hydrogen-bond acceptors (Lipinski definition) is 3. The van der Waals surface area contributed by atoms with Gasteiger partial charge in [0.1, 0.15) is 5.75 Å². The van der Waals surface area contributed by atoms with E-state index in [1.54, 1.807) is 12.0 Å². The Labute approximate surface area is 114 Å². The van der Waals surface area contributed by atoms with Crippen molar-refractivity contribution in [1.82, 2.24) is 4.90 Å². The molecule has 1 N–H and O–H groups in total. The molecule has 0 fully saturated rings. The number of nitrogens with zero attached hydrogens (tertiary/aromatic N) is 1. The summed E-state index contributed by atoms with van der Waals surface area (Å²) in [6.07, 6.45) is 5.98. The van der Waals surface area contributed by atoms with E-state index in [9.17, 15) is 4.79 Å². The van der Waals surface area contributed by atoms with E-state index >= 15 is 0 Å². The highest BCUT2D eigenvalue weighted by atomic mass is 16.5. The van der Waals surface area contributed by atoms with Crippen LogP contribution in [0.4, 0.5) is 0 Å². The second-order valence-electron chi connectivity index (χ2n) is 4.37. The maximum Gasteiger partial charge on any atom is 0.317 e. The van der Waals surface area contributed by atoms with Crippen molar-refractivity contribution in [2.24, 2.45) is 0 Å². The van der Waals surface area contributed by atoms with E-state index in [-0.39, 0.29) is 12.6 Å². The molecule has 0 bridgehead atoms. The molecular formula is C15H19NO3. The van der Waals surface area contributed by atoms with E-state index in [0.717, 1.165) is 11.3 Å². The average Bonchev–Trinajstić information content (AvgIpc) is 2.38. The predicted octanol–water partition coefficient (Wildman–Crippen LogP) is 1.65. The van der Waals surface area contributed by atoms with Gasteiger partial charge in [-0.25, -0.2) is 0 Å². The van der Waals surface area contributed by atoms with Gasteiger partial charge in [-0.15, -0.1) is 6.42 Å². The first-order valence-electron chi connectivity index (χ1n) is 6.09. The molecule has 0 radical (unpaired) electrons. The molecule has 1 aromatic carbocycles. The highest BCUT2D eigenvalue weighted by Gasteiger charge is 2.17. The summed E-state index contributed by atoms with van der Waals surface area (Å²) in [6, 6.07) is 7.74. The minimum Gasteiger partial charge on any atom is -0.496 e. The van der Waals surface area contributed by atoms with Gasteiger partial charge in [-0.2, -0.15) is 0 Å². The fourth-order valence-electron chi connectivity index (χ4n) is 1.98. The number of ether oxygens (including phenoxy) is 1. The van der Waals surface area contributed by atoms with Crippen LogP contribution in [-0.4, -0.2) is 42.2 Å². The van der Waals surface area contributed by atoms with Crippen LogP contribution in [0.1, 0.15) is 12.5 Å². The Kier molecular flexibility index (Phi) is 5.91. The third-order valence-corrected chi connectivity index (χ3v) is 2.96. The van der Waals surface area contributed by atoms with Crippen molar-refractivity contribution in [3.63, 3.8) is 0 Å². The second-order valence-corrected chi connectivity index (χ2v) is 4.37. The lowest BCUT2D eigenvalue weighted by Crippen LogP contribution is -2.38. The Hall–Kier alpha value is -1.99. The fourth-order valence-corrected chi connectivity index (χ4v) is 1.98. The third-order valence-electron chi connectivity index (χ3n) is 2.96. The first kappa shape index (κ1) is 15.1. The molecule has 0 spiro atoms. The lowest BCUT2D eigenvalue weighted by atomic mass is 10.0. The van der Waals surface area contributed by atoms with Crippen LogP contribution in [0.25, 0.3) is 0 Å². The standard InChI is InChI=1S/C15H19NO3/c1-4-9-16(11-15(17)18)12(2)10-13-7-5-6-8-14(13)19-3/h1,5-8,12H,9-11H2,2-3H3,(H,17,18). The predicted molar refractivity (Wildman–Crippen MR) is 74.2 cm³/mol. The molecular weight excluding hydrogens is 242 g/mol. The summed E-state index contributed by atoms with van der Waals surface area (Å²) in [5.74, 6) is 2.44. The number of hydrogen-bond donors (Lipinski definition) is 1.